The van der Waals surface area contributed by atoms with E-state index in [4.69, 9.17) is 10.1 Å². The van der Waals surface area contributed by atoms with Crippen LogP contribution >= 0.6 is 0 Å². The summed E-state index contributed by atoms with van der Waals surface area (Å²) in [6, 6.07) is 4.80. The molecule has 1 saturated heterocycles. The van der Waals surface area contributed by atoms with Crippen LogP contribution in [0.15, 0.2) is 18.2 Å². The fraction of sp³-hybridized carbons (Fsp3) is 0.429. The van der Waals surface area contributed by atoms with Gasteiger partial charge in [0.15, 0.2) is 0 Å². The molecule has 0 spiro atoms. The summed E-state index contributed by atoms with van der Waals surface area (Å²) in [5.41, 5.74) is 0.144. The smallest absolute Gasteiger partial charge is 0.324 e. The monoisotopic (exact) mass is 313 g/mol. The number of anilines is 1. The fourth-order valence-corrected chi connectivity index (χ4v) is 2.23. The number of halogens is 3. The summed E-state index contributed by atoms with van der Waals surface area (Å²) >= 11 is 0. The van der Waals surface area contributed by atoms with Gasteiger partial charge in [-0.25, -0.2) is 10.3 Å². The van der Waals surface area contributed by atoms with Crippen LogP contribution in [0.5, 0.6) is 0 Å². The Labute approximate surface area is 125 Å². The van der Waals surface area contributed by atoms with Crippen LogP contribution < -0.4 is 5.48 Å². The molecule has 0 bridgehead atoms. The van der Waals surface area contributed by atoms with Crippen molar-refractivity contribution in [3.05, 3.63) is 29.3 Å². The van der Waals surface area contributed by atoms with Crippen molar-refractivity contribution in [3.8, 4) is 6.07 Å². The van der Waals surface area contributed by atoms with Crippen LogP contribution in [-0.4, -0.2) is 24.1 Å². The van der Waals surface area contributed by atoms with Crippen molar-refractivity contribution >= 4 is 11.8 Å². The first-order valence-electron chi connectivity index (χ1n) is 6.75. The number of para-hydroxylation sites is 1. The standard InChI is InChI=1S/C14H14F3N3O2/c15-14(16,17)11-6-4-5-10(9-18)12(11)19-22-13(21)20-7-2-1-3-8-20/h4-6,19H,1-3,7-8H2. The van der Waals surface area contributed by atoms with Gasteiger partial charge in [-0.3, -0.25) is 0 Å². The Kier molecular flexibility index (Phi) is 4.75. The average molecular weight is 313 g/mol. The van der Waals surface area contributed by atoms with Gasteiger partial charge in [0, 0.05) is 13.1 Å². The molecule has 0 unspecified atom stereocenters. The van der Waals surface area contributed by atoms with Crippen molar-refractivity contribution in [2.45, 2.75) is 25.4 Å². The molecular weight excluding hydrogens is 299 g/mol. The van der Waals surface area contributed by atoms with Gasteiger partial charge >= 0.3 is 12.3 Å². The molecule has 1 heterocycles. The summed E-state index contributed by atoms with van der Waals surface area (Å²) < 4.78 is 38.8. The minimum absolute atomic E-state index is 0.249. The molecular formula is C14H14F3N3O2. The number of amides is 1. The van der Waals surface area contributed by atoms with E-state index in [9.17, 15) is 18.0 Å². The first-order valence-corrected chi connectivity index (χ1v) is 6.75. The third-order valence-corrected chi connectivity index (χ3v) is 3.34. The van der Waals surface area contributed by atoms with E-state index in [-0.39, 0.29) is 5.56 Å². The number of likely N-dealkylation sites (tertiary alicyclic amines) is 1. The molecule has 118 valence electrons. The Bertz CT molecular complexity index is 590. The van der Waals surface area contributed by atoms with Crippen LogP contribution in [0.4, 0.5) is 23.7 Å². The maximum absolute atomic E-state index is 12.9. The molecule has 0 aliphatic carbocycles. The lowest BCUT2D eigenvalue weighted by atomic mass is 10.1. The van der Waals surface area contributed by atoms with Gasteiger partial charge in [-0.15, -0.1) is 0 Å². The molecule has 1 N–H and O–H groups in total. The summed E-state index contributed by atoms with van der Waals surface area (Å²) in [4.78, 5) is 18.0. The third-order valence-electron chi connectivity index (χ3n) is 3.34. The molecule has 1 aliphatic rings. The minimum atomic E-state index is -4.66. The maximum Gasteiger partial charge on any atom is 0.434 e. The van der Waals surface area contributed by atoms with Crippen molar-refractivity contribution in [2.75, 3.05) is 18.6 Å². The van der Waals surface area contributed by atoms with Gasteiger partial charge in [0.25, 0.3) is 0 Å². The molecule has 1 aromatic carbocycles. The second kappa shape index (κ2) is 6.56. The molecule has 22 heavy (non-hydrogen) atoms. The molecule has 1 aromatic rings. The summed E-state index contributed by atoms with van der Waals surface area (Å²) in [5, 5.41) is 8.91. The number of rotatable bonds is 2. The quantitative estimate of drug-likeness (QED) is 0.848. The number of carbonyl (C=O) groups excluding carboxylic acids is 1. The summed E-state index contributed by atoms with van der Waals surface area (Å²) in [6.45, 7) is 1.01. The summed E-state index contributed by atoms with van der Waals surface area (Å²) in [7, 11) is 0. The number of alkyl halides is 3. The lowest BCUT2D eigenvalue weighted by molar-refractivity contribution is -0.137. The third kappa shape index (κ3) is 3.61. The topological polar surface area (TPSA) is 65.4 Å². The number of benzene rings is 1. The zero-order chi connectivity index (χ0) is 16.2. The Morgan fingerprint density at radius 1 is 1.27 bits per heavy atom. The van der Waals surface area contributed by atoms with Crippen molar-refractivity contribution in [1.29, 1.82) is 5.26 Å². The molecule has 1 aliphatic heterocycles. The lowest BCUT2D eigenvalue weighted by Crippen LogP contribution is -2.37. The fourth-order valence-electron chi connectivity index (χ4n) is 2.23. The van der Waals surface area contributed by atoms with E-state index >= 15 is 0 Å². The van der Waals surface area contributed by atoms with Gasteiger partial charge in [0.1, 0.15) is 11.8 Å². The number of piperidine rings is 1. The van der Waals surface area contributed by atoms with Gasteiger partial charge in [0.05, 0.1) is 11.1 Å². The van der Waals surface area contributed by atoms with E-state index < -0.39 is 23.5 Å². The van der Waals surface area contributed by atoms with Crippen LogP contribution in [0.25, 0.3) is 0 Å². The lowest BCUT2D eigenvalue weighted by Gasteiger charge is -2.26. The molecule has 1 fully saturated rings. The van der Waals surface area contributed by atoms with E-state index in [1.807, 2.05) is 5.48 Å². The van der Waals surface area contributed by atoms with Crippen LogP contribution in [-0.2, 0) is 11.0 Å². The number of nitrogens with one attached hydrogen (secondary N) is 1. The highest BCUT2D eigenvalue weighted by Gasteiger charge is 2.35. The van der Waals surface area contributed by atoms with Crippen LogP contribution in [0.2, 0.25) is 0 Å². The van der Waals surface area contributed by atoms with Crippen LogP contribution in [0.3, 0.4) is 0 Å². The number of nitriles is 1. The number of nitrogens with zero attached hydrogens (tertiary/aromatic N) is 2. The normalized spacial score (nSPS) is 15.1. The first-order chi connectivity index (χ1) is 10.4. The number of hydrogen-bond donors (Lipinski definition) is 1. The molecule has 2 rings (SSSR count). The van der Waals surface area contributed by atoms with Crippen LogP contribution in [0.1, 0.15) is 30.4 Å². The Morgan fingerprint density at radius 2 is 1.95 bits per heavy atom. The van der Waals surface area contributed by atoms with E-state index in [1.165, 1.54) is 11.0 Å². The maximum atomic E-state index is 12.9. The van der Waals surface area contributed by atoms with Crippen molar-refractivity contribution in [3.63, 3.8) is 0 Å². The molecule has 5 nitrogen and oxygen atoms in total. The molecule has 8 heteroatoms. The largest absolute Gasteiger partial charge is 0.434 e. The predicted octanol–water partition coefficient (Wildman–Crippen LogP) is 3.53. The minimum Gasteiger partial charge on any atom is -0.324 e. The zero-order valence-electron chi connectivity index (χ0n) is 11.6. The predicted molar refractivity (Wildman–Crippen MR) is 71.7 cm³/mol. The second-order valence-electron chi connectivity index (χ2n) is 4.86. The van der Waals surface area contributed by atoms with Crippen molar-refractivity contribution < 1.29 is 22.8 Å². The molecule has 1 amide bonds. The van der Waals surface area contributed by atoms with Crippen LogP contribution in [0, 0.1) is 11.3 Å². The van der Waals surface area contributed by atoms with Gasteiger partial charge in [-0.2, -0.15) is 18.4 Å². The highest BCUT2D eigenvalue weighted by molar-refractivity contribution is 5.70. The highest BCUT2D eigenvalue weighted by atomic mass is 19.4. The molecule has 0 atom stereocenters. The van der Waals surface area contributed by atoms with Gasteiger partial charge < -0.3 is 9.74 Å². The van der Waals surface area contributed by atoms with Gasteiger partial charge in [-0.1, -0.05) is 6.07 Å². The van der Waals surface area contributed by atoms with E-state index in [0.717, 1.165) is 31.4 Å². The first kappa shape index (κ1) is 15.9. The molecule has 0 aromatic heterocycles. The number of hydrogen-bond acceptors (Lipinski definition) is 4. The van der Waals surface area contributed by atoms with E-state index in [0.29, 0.717) is 13.1 Å². The second-order valence-corrected chi connectivity index (χ2v) is 4.86. The highest BCUT2D eigenvalue weighted by Crippen LogP contribution is 2.36. The van der Waals surface area contributed by atoms with Gasteiger partial charge in [0.2, 0.25) is 0 Å². The number of carbonyl (C=O) groups is 1. The Morgan fingerprint density at radius 3 is 2.55 bits per heavy atom. The Hall–Kier alpha value is -2.43. The SMILES string of the molecule is N#Cc1cccc(C(F)(F)F)c1NOC(=O)N1CCCCC1. The summed E-state index contributed by atoms with van der Waals surface area (Å²) in [6.07, 6.45) is -2.74. The summed E-state index contributed by atoms with van der Waals surface area (Å²) in [5.74, 6) is 0. The average Bonchev–Trinajstić information content (AvgIpc) is 2.52. The van der Waals surface area contributed by atoms with E-state index in [2.05, 4.69) is 0 Å². The molecule has 0 radical (unpaired) electrons. The van der Waals surface area contributed by atoms with E-state index in [1.54, 1.807) is 6.07 Å². The van der Waals surface area contributed by atoms with Crippen molar-refractivity contribution in [1.82, 2.24) is 4.90 Å². The Balaban J connectivity index is 2.15. The van der Waals surface area contributed by atoms with Gasteiger partial charge in [-0.05, 0) is 31.4 Å². The zero-order valence-corrected chi connectivity index (χ0v) is 11.6. The molecule has 0 saturated carbocycles. The van der Waals surface area contributed by atoms with Crippen molar-refractivity contribution in [2.24, 2.45) is 0 Å².